The summed E-state index contributed by atoms with van der Waals surface area (Å²) < 4.78 is 0. The van der Waals surface area contributed by atoms with E-state index < -0.39 is 13.8 Å². The molecule has 30 heavy (non-hydrogen) atoms. The summed E-state index contributed by atoms with van der Waals surface area (Å²) in [5.41, 5.74) is 7.82. The first kappa shape index (κ1) is 17.5. The first-order chi connectivity index (χ1) is 14.7. The Morgan fingerprint density at radius 3 is 1.27 bits per heavy atom. The van der Waals surface area contributed by atoms with E-state index in [0.717, 1.165) is 54.9 Å². The fourth-order valence-corrected chi connectivity index (χ4v) is 4.87. The van der Waals surface area contributed by atoms with Crippen molar-refractivity contribution in [1.82, 2.24) is 0 Å². The molecule has 0 spiro atoms. The minimum absolute atomic E-state index is 0.694. The Bertz CT molecular complexity index is 1250. The summed E-state index contributed by atoms with van der Waals surface area (Å²) in [5, 5.41) is 24.5. The molecular weight excluding hydrogens is 366 g/mol. The first-order valence-corrected chi connectivity index (χ1v) is 10.2. The number of rotatable bonds is 2. The van der Waals surface area contributed by atoms with Crippen LogP contribution in [0.25, 0.3) is 33.9 Å². The van der Waals surface area contributed by atoms with Gasteiger partial charge in [0.15, 0.2) is 0 Å². The van der Waals surface area contributed by atoms with Gasteiger partial charge in [-0.25, -0.2) is 0 Å². The lowest BCUT2D eigenvalue weighted by Gasteiger charge is -2.27. The van der Waals surface area contributed by atoms with Gasteiger partial charge in [0, 0.05) is 0 Å². The molecule has 0 bridgehead atoms. The van der Waals surface area contributed by atoms with Gasteiger partial charge in [0.1, 0.15) is 0 Å². The molecule has 2 heterocycles. The van der Waals surface area contributed by atoms with Crippen molar-refractivity contribution in [3.63, 3.8) is 0 Å². The third-order valence-corrected chi connectivity index (χ3v) is 6.30. The molecule has 0 amide bonds. The average Bonchev–Trinajstić information content (AvgIpc) is 2.80. The van der Waals surface area contributed by atoms with Crippen molar-refractivity contribution in [2.24, 2.45) is 0 Å². The molecule has 140 valence electrons. The first-order valence-electron chi connectivity index (χ1n) is 10.2. The van der Waals surface area contributed by atoms with Crippen LogP contribution in [0, 0.1) is 0 Å². The molecule has 0 aromatic heterocycles. The molecule has 0 saturated heterocycles. The Kier molecular flexibility index (Phi) is 3.85. The predicted octanol–water partition coefficient (Wildman–Crippen LogP) is 3.41. The van der Waals surface area contributed by atoms with Gasteiger partial charge in [-0.05, 0) is 54.9 Å². The number of benzene rings is 4. The van der Waals surface area contributed by atoms with Crippen molar-refractivity contribution in [2.45, 2.75) is 0 Å². The third-order valence-electron chi connectivity index (χ3n) is 6.30. The van der Waals surface area contributed by atoms with E-state index in [1.54, 1.807) is 0 Å². The van der Waals surface area contributed by atoms with Crippen LogP contribution >= 0.6 is 0 Å². The second-order valence-electron chi connectivity index (χ2n) is 7.97. The Morgan fingerprint density at radius 1 is 0.467 bits per heavy atom. The van der Waals surface area contributed by atoms with Crippen LogP contribution in [0.5, 0.6) is 0 Å². The quantitative estimate of drug-likeness (QED) is 0.521. The molecule has 0 saturated carbocycles. The molecule has 6 rings (SSSR count). The monoisotopic (exact) mass is 384 g/mol. The Balaban J connectivity index is 1.60. The number of hydrogen-bond donors (Lipinski definition) is 2. The highest BCUT2D eigenvalue weighted by molar-refractivity contribution is 6.90. The molecule has 4 aromatic rings. The summed E-state index contributed by atoms with van der Waals surface area (Å²) in [4.78, 5) is 0. The van der Waals surface area contributed by atoms with Crippen molar-refractivity contribution >= 4 is 58.6 Å². The van der Waals surface area contributed by atoms with E-state index in [-0.39, 0.29) is 0 Å². The maximum Gasteiger partial charge on any atom is 0.360 e. The van der Waals surface area contributed by atoms with Gasteiger partial charge in [-0.2, -0.15) is 0 Å². The minimum Gasteiger partial charge on any atom is -0.443 e. The standard InChI is InChI=1S/C26H18B2O2/c29-27-21-13-12-20-16-24(18-9-5-2-6-10-18)28(30)22-14-11-19(25(21)26(20)22)15-23(27)17-7-3-1-4-8-17/h1-16,29-30H. The molecule has 0 fully saturated rings. The summed E-state index contributed by atoms with van der Waals surface area (Å²) >= 11 is 0. The molecule has 2 N–H and O–H groups in total. The van der Waals surface area contributed by atoms with Crippen molar-refractivity contribution in [3.8, 4) is 0 Å². The van der Waals surface area contributed by atoms with E-state index in [1.807, 2.05) is 72.8 Å². The highest BCUT2D eigenvalue weighted by Gasteiger charge is 2.33. The zero-order chi connectivity index (χ0) is 20.2. The highest BCUT2D eigenvalue weighted by Crippen LogP contribution is 2.35. The fraction of sp³-hybridized carbons (Fsp3) is 0. The van der Waals surface area contributed by atoms with E-state index in [2.05, 4.69) is 24.3 Å². The van der Waals surface area contributed by atoms with Crippen LogP contribution in [-0.4, -0.2) is 23.9 Å². The van der Waals surface area contributed by atoms with Crippen LogP contribution in [-0.2, 0) is 0 Å². The molecule has 0 aliphatic carbocycles. The van der Waals surface area contributed by atoms with Gasteiger partial charge in [0.2, 0.25) is 0 Å². The molecule has 2 aliphatic heterocycles. The summed E-state index contributed by atoms with van der Waals surface area (Å²) in [6, 6.07) is 28.2. The zero-order valence-corrected chi connectivity index (χ0v) is 16.3. The molecule has 4 heteroatoms. The van der Waals surface area contributed by atoms with Crippen LogP contribution < -0.4 is 10.9 Å². The third kappa shape index (κ3) is 2.48. The van der Waals surface area contributed by atoms with E-state index in [0.29, 0.717) is 0 Å². The molecular formula is C26H18B2O2. The van der Waals surface area contributed by atoms with E-state index in [9.17, 15) is 10.0 Å². The van der Waals surface area contributed by atoms with Crippen LogP contribution in [0.3, 0.4) is 0 Å². The lowest BCUT2D eigenvalue weighted by Crippen LogP contribution is -2.39. The summed E-state index contributed by atoms with van der Waals surface area (Å²) in [6.07, 6.45) is 4.16. The molecule has 2 nitrogen and oxygen atoms in total. The smallest absolute Gasteiger partial charge is 0.360 e. The SMILES string of the molecule is OB1C(c2ccccc2)=Cc2ccc3c4c(ccc1c24)C=C(c1ccccc1)B3O. The van der Waals surface area contributed by atoms with Crippen molar-refractivity contribution < 1.29 is 10.0 Å². The molecule has 0 atom stereocenters. The highest BCUT2D eigenvalue weighted by atomic mass is 16.2. The lowest BCUT2D eigenvalue weighted by atomic mass is 9.46. The van der Waals surface area contributed by atoms with Gasteiger partial charge in [-0.15, -0.1) is 0 Å². The van der Waals surface area contributed by atoms with Gasteiger partial charge in [-0.1, -0.05) is 97.1 Å². The van der Waals surface area contributed by atoms with Crippen LogP contribution in [0.1, 0.15) is 22.3 Å². The largest absolute Gasteiger partial charge is 0.443 e. The average molecular weight is 384 g/mol. The van der Waals surface area contributed by atoms with Gasteiger partial charge >= 0.3 is 13.8 Å². The second-order valence-corrected chi connectivity index (χ2v) is 7.97. The molecule has 4 aromatic carbocycles. The van der Waals surface area contributed by atoms with Crippen LogP contribution in [0.2, 0.25) is 0 Å². The van der Waals surface area contributed by atoms with Crippen LogP contribution in [0.4, 0.5) is 0 Å². The Hall–Kier alpha value is -3.33. The fourth-order valence-electron chi connectivity index (χ4n) is 4.87. The maximum atomic E-state index is 11.2. The Labute approximate surface area is 176 Å². The van der Waals surface area contributed by atoms with Gasteiger partial charge in [-0.3, -0.25) is 0 Å². The predicted molar refractivity (Wildman–Crippen MR) is 128 cm³/mol. The second kappa shape index (κ2) is 6.60. The Morgan fingerprint density at radius 2 is 0.867 bits per heavy atom. The number of hydrogen-bond acceptors (Lipinski definition) is 2. The summed E-state index contributed by atoms with van der Waals surface area (Å²) in [5.74, 6) is 0. The molecule has 0 radical (unpaired) electrons. The maximum absolute atomic E-state index is 11.2. The normalized spacial score (nSPS) is 14.6. The van der Waals surface area contributed by atoms with Crippen molar-refractivity contribution in [1.29, 1.82) is 0 Å². The van der Waals surface area contributed by atoms with Crippen molar-refractivity contribution in [3.05, 3.63) is 107 Å². The van der Waals surface area contributed by atoms with Crippen LogP contribution in [0.15, 0.2) is 84.9 Å². The summed E-state index contributed by atoms with van der Waals surface area (Å²) in [6.45, 7) is -1.39. The molecule has 0 unspecified atom stereocenters. The topological polar surface area (TPSA) is 40.5 Å². The van der Waals surface area contributed by atoms with Gasteiger partial charge in [0.25, 0.3) is 0 Å². The lowest BCUT2D eigenvalue weighted by molar-refractivity contribution is 0.600. The summed E-state index contributed by atoms with van der Waals surface area (Å²) in [7, 11) is 0. The van der Waals surface area contributed by atoms with E-state index in [1.165, 1.54) is 0 Å². The zero-order valence-electron chi connectivity index (χ0n) is 16.3. The van der Waals surface area contributed by atoms with Gasteiger partial charge in [0.05, 0.1) is 0 Å². The van der Waals surface area contributed by atoms with E-state index in [4.69, 9.17) is 0 Å². The minimum atomic E-state index is -0.694. The van der Waals surface area contributed by atoms with Crippen molar-refractivity contribution in [2.75, 3.05) is 0 Å². The van der Waals surface area contributed by atoms with E-state index >= 15 is 0 Å². The molecule has 2 aliphatic rings. The van der Waals surface area contributed by atoms with Gasteiger partial charge < -0.3 is 10.0 Å².